The van der Waals surface area contributed by atoms with Gasteiger partial charge in [-0.15, -0.1) is 0 Å². The zero-order valence-corrected chi connectivity index (χ0v) is 14.3. The lowest BCUT2D eigenvalue weighted by Gasteiger charge is -2.22. The van der Waals surface area contributed by atoms with E-state index in [2.05, 4.69) is 14.5 Å². The molecule has 1 aliphatic carbocycles. The topological polar surface area (TPSA) is 112 Å². The molecule has 1 amide bonds. The molecule has 0 saturated heterocycles. The number of carbonyl (C=O) groups excluding carboxylic acids is 1. The molecule has 0 spiro atoms. The van der Waals surface area contributed by atoms with Crippen LogP contribution in [0.15, 0.2) is 39.7 Å². The van der Waals surface area contributed by atoms with Gasteiger partial charge >= 0.3 is 15.6 Å². The van der Waals surface area contributed by atoms with E-state index in [4.69, 9.17) is 5.26 Å². The lowest BCUT2D eigenvalue weighted by Crippen LogP contribution is -2.33. The predicted octanol–water partition coefficient (Wildman–Crippen LogP) is 0.585. The highest BCUT2D eigenvalue weighted by Crippen LogP contribution is 2.35. The summed E-state index contributed by atoms with van der Waals surface area (Å²) < 4.78 is 64.7. The molecule has 1 heterocycles. The molecule has 0 radical (unpaired) electrons. The molecule has 26 heavy (non-hydrogen) atoms. The minimum Gasteiger partial charge on any atom is -0.376 e. The summed E-state index contributed by atoms with van der Waals surface area (Å²) in [5.74, 6) is -0.998. The summed E-state index contributed by atoms with van der Waals surface area (Å²) in [5.41, 5.74) is -5.70. The Morgan fingerprint density at radius 1 is 1.46 bits per heavy atom. The van der Waals surface area contributed by atoms with Gasteiger partial charge in [0.1, 0.15) is 12.1 Å². The van der Waals surface area contributed by atoms with Crippen molar-refractivity contribution in [2.75, 3.05) is 20.6 Å². The molecular formula is C14H13F3N4O4S. The number of nitrogens with zero attached hydrogens (tertiary/aromatic N) is 3. The number of nitriles is 1. The maximum absolute atomic E-state index is 12.6. The summed E-state index contributed by atoms with van der Waals surface area (Å²) in [4.78, 5) is 16.8. The molecule has 2 rings (SSSR count). The predicted molar refractivity (Wildman–Crippen MR) is 83.8 cm³/mol. The molecule has 12 heteroatoms. The zero-order valence-electron chi connectivity index (χ0n) is 13.5. The maximum atomic E-state index is 12.6. The van der Waals surface area contributed by atoms with Gasteiger partial charge in [-0.2, -0.15) is 26.9 Å². The van der Waals surface area contributed by atoms with Crippen LogP contribution < -0.4 is 5.32 Å². The third-order valence-corrected chi connectivity index (χ3v) is 4.35. The first-order valence-corrected chi connectivity index (χ1v) is 8.43. The summed E-state index contributed by atoms with van der Waals surface area (Å²) in [6, 6.07) is 0.822. The number of aliphatic imine (C=N–C) groups is 1. The number of nitrogens with one attached hydrogen (secondary N) is 1. The van der Waals surface area contributed by atoms with Crippen molar-refractivity contribution in [3.8, 4) is 6.07 Å². The van der Waals surface area contributed by atoms with Gasteiger partial charge in [-0.05, 0) is 6.08 Å². The molecule has 1 unspecified atom stereocenters. The standard InChI is InChI=1S/C14H13F3N4O4S/c1-21(2)12(22)7-19-9-3-10-13(8(5-18)6-20-10)11(4-9)25-26(23,24)14(15,16)17/h3-4,6,10,19H,7H2,1-2H3. The van der Waals surface area contributed by atoms with Crippen LogP contribution in [0.5, 0.6) is 0 Å². The van der Waals surface area contributed by atoms with E-state index in [9.17, 15) is 26.4 Å². The molecule has 1 N–H and O–H groups in total. The van der Waals surface area contributed by atoms with Gasteiger partial charge in [0.25, 0.3) is 0 Å². The van der Waals surface area contributed by atoms with Crippen molar-refractivity contribution in [3.63, 3.8) is 0 Å². The number of carbonyl (C=O) groups is 1. The first kappa shape index (κ1) is 19.5. The Balaban J connectivity index is 2.36. The van der Waals surface area contributed by atoms with Crippen molar-refractivity contribution in [2.45, 2.75) is 11.6 Å². The molecule has 2 aliphatic rings. The number of likely N-dealkylation sites (N-methyl/N-ethyl adjacent to an activating group) is 1. The fraction of sp³-hybridized carbons (Fsp3) is 0.357. The van der Waals surface area contributed by atoms with Crippen LogP contribution in [-0.4, -0.2) is 57.6 Å². The average molecular weight is 390 g/mol. The molecule has 1 aliphatic heterocycles. The number of hydrogen-bond acceptors (Lipinski definition) is 7. The van der Waals surface area contributed by atoms with E-state index in [1.54, 1.807) is 6.07 Å². The quantitative estimate of drug-likeness (QED) is 0.543. The smallest absolute Gasteiger partial charge is 0.376 e. The third kappa shape index (κ3) is 3.88. The first-order valence-electron chi connectivity index (χ1n) is 7.02. The maximum Gasteiger partial charge on any atom is 0.534 e. The molecule has 0 aromatic heterocycles. The summed E-state index contributed by atoms with van der Waals surface area (Å²) >= 11 is 0. The van der Waals surface area contributed by atoms with Crippen molar-refractivity contribution in [1.29, 1.82) is 5.26 Å². The first-order chi connectivity index (χ1) is 12.0. The number of hydrogen-bond donors (Lipinski definition) is 1. The highest BCUT2D eigenvalue weighted by molar-refractivity contribution is 7.87. The second-order valence-corrected chi connectivity index (χ2v) is 6.96. The molecule has 0 saturated carbocycles. The van der Waals surface area contributed by atoms with Crippen LogP contribution in [0.4, 0.5) is 13.2 Å². The van der Waals surface area contributed by atoms with Crippen LogP contribution in [0.25, 0.3) is 0 Å². The van der Waals surface area contributed by atoms with E-state index in [1.165, 1.54) is 25.1 Å². The second kappa shape index (κ2) is 6.83. The molecule has 0 fully saturated rings. The van der Waals surface area contributed by atoms with E-state index >= 15 is 0 Å². The van der Waals surface area contributed by atoms with Crippen molar-refractivity contribution >= 4 is 22.2 Å². The Morgan fingerprint density at radius 3 is 2.65 bits per heavy atom. The molecule has 8 nitrogen and oxygen atoms in total. The van der Waals surface area contributed by atoms with Gasteiger partial charge in [0, 0.05) is 37.7 Å². The highest BCUT2D eigenvalue weighted by Gasteiger charge is 2.49. The van der Waals surface area contributed by atoms with Crippen LogP contribution in [-0.2, 0) is 19.1 Å². The summed E-state index contributed by atoms with van der Waals surface area (Å²) in [6.45, 7) is -0.185. The van der Waals surface area contributed by atoms with E-state index in [-0.39, 0.29) is 29.3 Å². The number of alkyl halides is 3. The molecule has 0 bridgehead atoms. The fourth-order valence-electron chi connectivity index (χ4n) is 2.07. The van der Waals surface area contributed by atoms with E-state index < -0.39 is 27.4 Å². The summed E-state index contributed by atoms with van der Waals surface area (Å²) in [6.07, 6.45) is 3.53. The van der Waals surface area contributed by atoms with Crippen molar-refractivity contribution in [1.82, 2.24) is 10.2 Å². The zero-order chi connectivity index (χ0) is 19.7. The molecule has 140 valence electrons. The Hall–Kier alpha value is -2.81. The lowest BCUT2D eigenvalue weighted by atomic mass is 9.97. The number of amides is 1. The Morgan fingerprint density at radius 2 is 2.12 bits per heavy atom. The van der Waals surface area contributed by atoms with Gasteiger partial charge in [0.05, 0.1) is 12.1 Å². The van der Waals surface area contributed by atoms with Crippen LogP contribution >= 0.6 is 0 Å². The Labute approximate surface area is 147 Å². The van der Waals surface area contributed by atoms with Crippen molar-refractivity contribution in [3.05, 3.63) is 34.8 Å². The molecule has 0 aromatic carbocycles. The number of halogens is 3. The van der Waals surface area contributed by atoms with Crippen molar-refractivity contribution in [2.24, 2.45) is 4.99 Å². The Kier molecular flexibility index (Phi) is 5.13. The Bertz CT molecular complexity index is 892. The fourth-order valence-corrected chi connectivity index (χ4v) is 2.54. The third-order valence-electron chi connectivity index (χ3n) is 3.39. The largest absolute Gasteiger partial charge is 0.534 e. The minimum absolute atomic E-state index is 0.0928. The molecular weight excluding hydrogens is 377 g/mol. The van der Waals surface area contributed by atoms with Crippen LogP contribution in [0.3, 0.4) is 0 Å². The number of fused-ring (bicyclic) bond motifs is 1. The van der Waals surface area contributed by atoms with Crippen LogP contribution in [0.2, 0.25) is 0 Å². The highest BCUT2D eigenvalue weighted by atomic mass is 32.2. The SMILES string of the molecule is CN(C)C(=O)CNC1=CC2N=CC(C#N)=C2C(OS(=O)(=O)C(F)(F)F)=C1. The lowest BCUT2D eigenvalue weighted by molar-refractivity contribution is -0.127. The van der Waals surface area contributed by atoms with Gasteiger partial charge in [0.2, 0.25) is 5.91 Å². The molecule has 0 aromatic rings. The normalized spacial score (nSPS) is 19.3. The van der Waals surface area contributed by atoms with Gasteiger partial charge in [-0.25, -0.2) is 0 Å². The number of allylic oxidation sites excluding steroid dienone is 2. The summed E-state index contributed by atoms with van der Waals surface area (Å²) in [5, 5.41) is 11.7. The van der Waals surface area contributed by atoms with Gasteiger partial charge < -0.3 is 14.4 Å². The van der Waals surface area contributed by atoms with Gasteiger partial charge in [0.15, 0.2) is 5.76 Å². The summed E-state index contributed by atoms with van der Waals surface area (Å²) in [7, 11) is -2.90. The second-order valence-electron chi connectivity index (χ2n) is 5.42. The van der Waals surface area contributed by atoms with E-state index in [1.807, 2.05) is 0 Å². The number of rotatable bonds is 5. The van der Waals surface area contributed by atoms with Gasteiger partial charge in [-0.1, -0.05) is 0 Å². The van der Waals surface area contributed by atoms with Crippen LogP contribution in [0.1, 0.15) is 0 Å². The molecule has 1 atom stereocenters. The van der Waals surface area contributed by atoms with Crippen molar-refractivity contribution < 1.29 is 30.6 Å². The van der Waals surface area contributed by atoms with Gasteiger partial charge in [-0.3, -0.25) is 9.79 Å². The average Bonchev–Trinajstić information content (AvgIpc) is 2.94. The van der Waals surface area contributed by atoms with Crippen LogP contribution in [0, 0.1) is 11.3 Å². The van der Waals surface area contributed by atoms with E-state index in [0.717, 1.165) is 12.3 Å². The minimum atomic E-state index is -5.93. The van der Waals surface area contributed by atoms with E-state index in [0.29, 0.717) is 0 Å². The monoisotopic (exact) mass is 390 g/mol.